The number of methoxy groups -OCH3 is 1. The van der Waals surface area contributed by atoms with Crippen molar-refractivity contribution in [1.29, 1.82) is 0 Å². The predicted octanol–water partition coefficient (Wildman–Crippen LogP) is 2.74. The van der Waals surface area contributed by atoms with Crippen LogP contribution in [0.1, 0.15) is 32.3 Å². The summed E-state index contributed by atoms with van der Waals surface area (Å²) in [5.41, 5.74) is 1.18. The quantitative estimate of drug-likeness (QED) is 0.332. The van der Waals surface area contributed by atoms with Crippen molar-refractivity contribution in [2.75, 3.05) is 20.3 Å². The van der Waals surface area contributed by atoms with Gasteiger partial charge in [-0.15, -0.1) is 6.58 Å². The molecule has 0 aliphatic rings. The summed E-state index contributed by atoms with van der Waals surface area (Å²) < 4.78 is 11.2. The Morgan fingerprint density at radius 3 is 2.42 bits per heavy atom. The summed E-state index contributed by atoms with van der Waals surface area (Å²) in [4.78, 5) is 18.2. The van der Waals surface area contributed by atoms with Gasteiger partial charge in [-0.2, -0.15) is 0 Å². The smallest absolute Gasteiger partial charge is 0.414 e. The second kappa shape index (κ2) is 13.7. The highest BCUT2D eigenvalue weighted by Crippen LogP contribution is 2.28. The zero-order valence-electron chi connectivity index (χ0n) is 15.7. The lowest BCUT2D eigenvalue weighted by atomic mass is 10.1. The van der Waals surface area contributed by atoms with E-state index in [1.165, 1.54) is 5.56 Å². The first-order chi connectivity index (χ1) is 12.3. The fraction of sp³-hybridized carbons (Fsp3) is 0.474. The van der Waals surface area contributed by atoms with Crippen molar-refractivity contribution in [3.8, 4) is 11.5 Å². The molecule has 1 unspecified atom stereocenters. The van der Waals surface area contributed by atoms with E-state index in [0.29, 0.717) is 12.6 Å². The number of ether oxygens (including phenoxy) is 2. The predicted molar refractivity (Wildman–Crippen MR) is 100 cm³/mol. The second-order valence-corrected chi connectivity index (χ2v) is 5.55. The van der Waals surface area contributed by atoms with E-state index in [1.807, 2.05) is 18.2 Å². The van der Waals surface area contributed by atoms with Crippen LogP contribution in [0.3, 0.4) is 0 Å². The van der Waals surface area contributed by atoms with E-state index in [4.69, 9.17) is 29.3 Å². The Labute approximate surface area is 154 Å². The van der Waals surface area contributed by atoms with Crippen LogP contribution >= 0.6 is 0 Å². The summed E-state index contributed by atoms with van der Waals surface area (Å²) in [5.74, 6) is -2.05. The van der Waals surface area contributed by atoms with Crippen LogP contribution in [0.2, 0.25) is 0 Å². The standard InChI is InChI=1S/C17H27NO2.C2H2O4/c1-5-8-15-9-10-16(17(13-15)19-4)20-12-7-11-18-14(3)6-2;3-1(4)2(5)6/h5,9-10,13-14,18H,1,6-8,11-12H2,2-4H3;(H,3,4)(H,5,6). The molecular weight excluding hydrogens is 338 g/mol. The molecule has 1 atom stereocenters. The Morgan fingerprint density at radius 1 is 1.27 bits per heavy atom. The summed E-state index contributed by atoms with van der Waals surface area (Å²) in [5, 5.41) is 18.2. The molecule has 0 aliphatic heterocycles. The van der Waals surface area contributed by atoms with Crippen LogP contribution in [0.4, 0.5) is 0 Å². The molecule has 0 saturated carbocycles. The molecule has 7 heteroatoms. The topological polar surface area (TPSA) is 105 Å². The van der Waals surface area contributed by atoms with E-state index in [-0.39, 0.29) is 0 Å². The number of rotatable bonds is 10. The molecule has 1 aromatic carbocycles. The second-order valence-electron chi connectivity index (χ2n) is 5.55. The highest BCUT2D eigenvalue weighted by molar-refractivity contribution is 6.27. The molecule has 1 rings (SSSR count). The number of hydrogen-bond donors (Lipinski definition) is 3. The van der Waals surface area contributed by atoms with Crippen molar-refractivity contribution in [3.63, 3.8) is 0 Å². The number of carboxylic acid groups (broad SMARTS) is 2. The van der Waals surface area contributed by atoms with E-state index in [2.05, 4.69) is 31.8 Å². The minimum atomic E-state index is -1.82. The lowest BCUT2D eigenvalue weighted by Gasteiger charge is -2.13. The van der Waals surface area contributed by atoms with Gasteiger partial charge in [-0.05, 0) is 50.4 Å². The molecule has 0 saturated heterocycles. The maximum atomic E-state index is 9.10. The normalized spacial score (nSPS) is 10.9. The Kier molecular flexibility index (Phi) is 12.4. The number of nitrogens with one attached hydrogen (secondary N) is 1. The van der Waals surface area contributed by atoms with Gasteiger partial charge in [0.15, 0.2) is 11.5 Å². The first-order valence-corrected chi connectivity index (χ1v) is 8.45. The van der Waals surface area contributed by atoms with Crippen molar-refractivity contribution < 1.29 is 29.3 Å². The Balaban J connectivity index is 0.000000896. The van der Waals surface area contributed by atoms with Crippen molar-refractivity contribution >= 4 is 11.9 Å². The summed E-state index contributed by atoms with van der Waals surface area (Å²) in [6, 6.07) is 6.60. The fourth-order valence-electron chi connectivity index (χ4n) is 1.87. The largest absolute Gasteiger partial charge is 0.493 e. The summed E-state index contributed by atoms with van der Waals surface area (Å²) >= 11 is 0. The van der Waals surface area contributed by atoms with Crippen LogP contribution in [-0.4, -0.2) is 48.5 Å². The van der Waals surface area contributed by atoms with Gasteiger partial charge >= 0.3 is 11.9 Å². The molecule has 146 valence electrons. The monoisotopic (exact) mass is 367 g/mol. The Morgan fingerprint density at radius 2 is 1.92 bits per heavy atom. The number of aliphatic carboxylic acids is 2. The maximum absolute atomic E-state index is 9.10. The molecule has 7 nitrogen and oxygen atoms in total. The van der Waals surface area contributed by atoms with E-state index < -0.39 is 11.9 Å². The van der Waals surface area contributed by atoms with Gasteiger partial charge in [-0.3, -0.25) is 0 Å². The minimum Gasteiger partial charge on any atom is -0.493 e. The number of carbonyl (C=O) groups is 2. The van der Waals surface area contributed by atoms with Crippen LogP contribution in [-0.2, 0) is 16.0 Å². The summed E-state index contributed by atoms with van der Waals surface area (Å²) in [6.07, 6.45) is 4.87. The highest BCUT2D eigenvalue weighted by Gasteiger charge is 2.05. The van der Waals surface area contributed by atoms with Crippen LogP contribution in [0, 0.1) is 0 Å². The third kappa shape index (κ3) is 10.4. The van der Waals surface area contributed by atoms with Crippen LogP contribution in [0.25, 0.3) is 0 Å². The number of allylic oxidation sites excluding steroid dienone is 1. The SMILES string of the molecule is C=CCc1ccc(OCCCNC(C)CC)c(OC)c1.O=C(O)C(=O)O. The van der Waals surface area contributed by atoms with Gasteiger partial charge in [0.25, 0.3) is 0 Å². The zero-order valence-corrected chi connectivity index (χ0v) is 15.7. The molecule has 0 radical (unpaired) electrons. The van der Waals surface area contributed by atoms with Crippen LogP contribution in [0.15, 0.2) is 30.9 Å². The average molecular weight is 367 g/mol. The third-order valence-electron chi connectivity index (χ3n) is 3.47. The van der Waals surface area contributed by atoms with Crippen molar-refractivity contribution in [1.82, 2.24) is 5.32 Å². The first kappa shape index (κ1) is 23.5. The van der Waals surface area contributed by atoms with Gasteiger partial charge in [0.2, 0.25) is 0 Å². The Hall–Kier alpha value is -2.54. The fourth-order valence-corrected chi connectivity index (χ4v) is 1.87. The molecule has 0 aliphatic carbocycles. The zero-order chi connectivity index (χ0) is 19.9. The molecule has 0 bridgehead atoms. The van der Waals surface area contributed by atoms with Crippen molar-refractivity contribution in [3.05, 3.63) is 36.4 Å². The highest BCUT2D eigenvalue weighted by atomic mass is 16.5. The van der Waals surface area contributed by atoms with Gasteiger partial charge in [0.05, 0.1) is 13.7 Å². The molecule has 0 aromatic heterocycles. The lowest BCUT2D eigenvalue weighted by molar-refractivity contribution is -0.159. The number of benzene rings is 1. The maximum Gasteiger partial charge on any atom is 0.414 e. The third-order valence-corrected chi connectivity index (χ3v) is 3.47. The molecular formula is C19H29NO6. The van der Waals surface area contributed by atoms with Gasteiger partial charge in [-0.25, -0.2) is 9.59 Å². The van der Waals surface area contributed by atoms with Crippen LogP contribution < -0.4 is 14.8 Å². The van der Waals surface area contributed by atoms with E-state index in [1.54, 1.807) is 7.11 Å². The van der Waals surface area contributed by atoms with Gasteiger partial charge in [-0.1, -0.05) is 19.1 Å². The molecule has 0 amide bonds. The van der Waals surface area contributed by atoms with Crippen LogP contribution in [0.5, 0.6) is 11.5 Å². The Bertz CT molecular complexity index is 561. The molecule has 3 N–H and O–H groups in total. The molecule has 26 heavy (non-hydrogen) atoms. The van der Waals surface area contributed by atoms with Gasteiger partial charge in [0, 0.05) is 6.04 Å². The molecule has 0 spiro atoms. The molecule has 0 heterocycles. The molecule has 1 aromatic rings. The van der Waals surface area contributed by atoms with Crippen molar-refractivity contribution in [2.45, 2.75) is 39.2 Å². The van der Waals surface area contributed by atoms with Gasteiger partial charge < -0.3 is 25.0 Å². The van der Waals surface area contributed by atoms with Gasteiger partial charge in [0.1, 0.15) is 0 Å². The average Bonchev–Trinajstić information content (AvgIpc) is 2.62. The minimum absolute atomic E-state index is 0.572. The van der Waals surface area contributed by atoms with E-state index in [9.17, 15) is 0 Å². The summed E-state index contributed by atoms with van der Waals surface area (Å²) in [6.45, 7) is 9.80. The number of hydrogen-bond acceptors (Lipinski definition) is 5. The van der Waals surface area contributed by atoms with Crippen molar-refractivity contribution in [2.24, 2.45) is 0 Å². The van der Waals surface area contributed by atoms with E-state index >= 15 is 0 Å². The summed E-state index contributed by atoms with van der Waals surface area (Å²) in [7, 11) is 1.67. The van der Waals surface area contributed by atoms with E-state index in [0.717, 1.165) is 37.3 Å². The molecule has 0 fully saturated rings. The number of carboxylic acids is 2. The first-order valence-electron chi connectivity index (χ1n) is 8.45. The lowest BCUT2D eigenvalue weighted by Crippen LogP contribution is -2.27.